The van der Waals surface area contributed by atoms with Gasteiger partial charge in [0.05, 0.1) is 25.4 Å². The van der Waals surface area contributed by atoms with E-state index in [1.54, 1.807) is 0 Å². The van der Waals surface area contributed by atoms with E-state index >= 15 is 0 Å². The molecule has 0 heterocycles. The maximum Gasteiger partial charge on any atom is 0.305 e. The summed E-state index contributed by atoms with van der Waals surface area (Å²) in [5, 5.41) is 23.4. The summed E-state index contributed by atoms with van der Waals surface area (Å²) in [6.07, 6.45) is 76.3. The molecule has 0 aromatic heterocycles. The molecule has 0 radical (unpaired) electrons. The Hall–Kier alpha value is -1.66. The number of amides is 1. The molecule has 3 N–H and O–H groups in total. The Morgan fingerprint density at radius 2 is 0.694 bits per heavy atom. The third kappa shape index (κ3) is 57.6. The van der Waals surface area contributed by atoms with Gasteiger partial charge in [-0.25, -0.2) is 0 Å². The Morgan fingerprint density at radius 1 is 0.389 bits per heavy atom. The number of hydrogen-bond donors (Lipinski definition) is 3. The fourth-order valence-electron chi connectivity index (χ4n) is 10.3. The molecule has 0 fully saturated rings. The number of rotatable bonds is 61. The van der Waals surface area contributed by atoms with Crippen molar-refractivity contribution in [2.45, 2.75) is 373 Å². The van der Waals surface area contributed by atoms with Crippen LogP contribution in [0.5, 0.6) is 0 Å². The van der Waals surface area contributed by atoms with E-state index in [1.807, 2.05) is 0 Å². The van der Waals surface area contributed by atoms with Crippen LogP contribution in [-0.4, -0.2) is 47.4 Å². The number of carbonyl (C=O) groups excluding carboxylic acids is 2. The molecule has 426 valence electrons. The number of carbonyl (C=O) groups is 2. The van der Waals surface area contributed by atoms with Crippen LogP contribution in [0, 0.1) is 0 Å². The van der Waals surface area contributed by atoms with Crippen LogP contribution in [0.3, 0.4) is 0 Å². The monoisotopic (exact) mass is 1010 g/mol. The number of ether oxygens (including phenoxy) is 1. The quantitative estimate of drug-likeness (QED) is 0.0320. The number of aliphatic hydroxyl groups is 2. The lowest BCUT2D eigenvalue weighted by Gasteiger charge is -2.22. The van der Waals surface area contributed by atoms with Crippen LogP contribution in [-0.2, 0) is 14.3 Å². The molecule has 0 rings (SSSR count). The van der Waals surface area contributed by atoms with Gasteiger partial charge in [0, 0.05) is 12.8 Å². The molecule has 0 aliphatic rings. The molecule has 0 saturated heterocycles. The molecule has 6 nitrogen and oxygen atoms in total. The Kier molecular flexibility index (Phi) is 60.5. The number of esters is 1. The van der Waals surface area contributed by atoms with Gasteiger partial charge >= 0.3 is 5.97 Å². The summed E-state index contributed by atoms with van der Waals surface area (Å²) in [7, 11) is 0. The van der Waals surface area contributed by atoms with Gasteiger partial charge in [-0.3, -0.25) is 9.59 Å². The molecule has 0 saturated carbocycles. The molecule has 0 aliphatic carbocycles. The molecule has 72 heavy (non-hydrogen) atoms. The van der Waals surface area contributed by atoms with E-state index in [9.17, 15) is 19.8 Å². The second-order valence-corrected chi connectivity index (χ2v) is 22.5. The summed E-state index contributed by atoms with van der Waals surface area (Å²) in [5.74, 6) is -0.0593. The van der Waals surface area contributed by atoms with E-state index in [1.165, 1.54) is 244 Å². The van der Waals surface area contributed by atoms with E-state index in [-0.39, 0.29) is 18.5 Å². The van der Waals surface area contributed by atoms with Crippen molar-refractivity contribution in [3.05, 3.63) is 24.3 Å². The molecule has 2 unspecified atom stereocenters. The zero-order valence-electron chi connectivity index (χ0n) is 48.7. The average molecular weight is 1010 g/mol. The highest BCUT2D eigenvalue weighted by Crippen LogP contribution is 2.18. The fraction of sp³-hybridized carbons (Fsp3) is 0.909. The number of hydrogen-bond acceptors (Lipinski definition) is 5. The molecule has 6 heteroatoms. The minimum Gasteiger partial charge on any atom is -0.466 e. The van der Waals surface area contributed by atoms with Crippen LogP contribution in [0.1, 0.15) is 361 Å². The van der Waals surface area contributed by atoms with E-state index in [2.05, 4.69) is 43.5 Å². The van der Waals surface area contributed by atoms with Crippen molar-refractivity contribution in [2.75, 3.05) is 13.2 Å². The summed E-state index contributed by atoms with van der Waals surface area (Å²) in [6.45, 7) is 4.94. The van der Waals surface area contributed by atoms with Crippen molar-refractivity contribution < 1.29 is 24.5 Å². The number of aliphatic hydroxyl groups excluding tert-OH is 2. The van der Waals surface area contributed by atoms with Crippen molar-refractivity contribution in [2.24, 2.45) is 0 Å². The average Bonchev–Trinajstić information content (AvgIpc) is 3.38. The maximum absolute atomic E-state index is 12.5. The van der Waals surface area contributed by atoms with Crippen LogP contribution in [0.25, 0.3) is 0 Å². The summed E-state index contributed by atoms with van der Waals surface area (Å²) in [6, 6.07) is -0.555. The smallest absolute Gasteiger partial charge is 0.305 e. The first-order valence-electron chi connectivity index (χ1n) is 32.6. The number of nitrogens with one attached hydrogen (secondary N) is 1. The van der Waals surface area contributed by atoms with Gasteiger partial charge in [0.2, 0.25) is 5.91 Å². The highest BCUT2D eigenvalue weighted by molar-refractivity contribution is 5.76. The van der Waals surface area contributed by atoms with Crippen LogP contribution in [0.4, 0.5) is 0 Å². The SMILES string of the molecule is CCCCCCCCCCCCCCCCCCCCCCCCCCC(O)C(CO)NC(=O)CCCCCCCCC/C=C\C/C=C\CCCCCOC(=O)CCCCCCCCCCCCCCCC. The Labute approximate surface area is 450 Å². The van der Waals surface area contributed by atoms with Crippen molar-refractivity contribution in [1.29, 1.82) is 0 Å². The van der Waals surface area contributed by atoms with Gasteiger partial charge in [-0.1, -0.05) is 308 Å². The van der Waals surface area contributed by atoms with Gasteiger partial charge in [0.1, 0.15) is 0 Å². The maximum atomic E-state index is 12.5. The molecular weight excluding hydrogens is 887 g/mol. The Balaban J connectivity index is 3.47. The number of unbranched alkanes of at least 4 members (excludes halogenated alkanes) is 46. The minimum absolute atomic E-state index is 0.0123. The second-order valence-electron chi connectivity index (χ2n) is 22.5. The van der Waals surface area contributed by atoms with Crippen molar-refractivity contribution in [1.82, 2.24) is 5.32 Å². The summed E-state index contributed by atoms with van der Waals surface area (Å²) in [5.41, 5.74) is 0. The molecule has 0 bridgehead atoms. The van der Waals surface area contributed by atoms with E-state index < -0.39 is 12.1 Å². The van der Waals surface area contributed by atoms with E-state index in [0.29, 0.717) is 25.9 Å². The van der Waals surface area contributed by atoms with Gasteiger partial charge < -0.3 is 20.3 Å². The third-order valence-corrected chi connectivity index (χ3v) is 15.3. The lowest BCUT2D eigenvalue weighted by Crippen LogP contribution is -2.45. The first-order chi connectivity index (χ1) is 35.5. The Bertz CT molecular complexity index is 1120. The first kappa shape index (κ1) is 70.3. The van der Waals surface area contributed by atoms with Crippen LogP contribution in [0.2, 0.25) is 0 Å². The van der Waals surface area contributed by atoms with Crippen molar-refractivity contribution in [3.8, 4) is 0 Å². The fourth-order valence-corrected chi connectivity index (χ4v) is 10.3. The molecule has 0 spiro atoms. The third-order valence-electron chi connectivity index (χ3n) is 15.3. The zero-order valence-corrected chi connectivity index (χ0v) is 48.7. The Morgan fingerprint density at radius 3 is 1.06 bits per heavy atom. The highest BCUT2D eigenvalue weighted by Gasteiger charge is 2.20. The van der Waals surface area contributed by atoms with Gasteiger partial charge in [0.25, 0.3) is 0 Å². The normalized spacial score (nSPS) is 12.7. The van der Waals surface area contributed by atoms with Gasteiger partial charge in [-0.15, -0.1) is 0 Å². The largest absolute Gasteiger partial charge is 0.466 e. The zero-order chi connectivity index (χ0) is 52.2. The van der Waals surface area contributed by atoms with Crippen LogP contribution in [0.15, 0.2) is 24.3 Å². The van der Waals surface area contributed by atoms with Crippen LogP contribution < -0.4 is 5.32 Å². The summed E-state index contributed by atoms with van der Waals surface area (Å²) in [4.78, 5) is 24.6. The predicted molar refractivity (Wildman–Crippen MR) is 315 cm³/mol. The first-order valence-corrected chi connectivity index (χ1v) is 32.6. The lowest BCUT2D eigenvalue weighted by molar-refractivity contribution is -0.143. The van der Waals surface area contributed by atoms with Gasteiger partial charge in [0.15, 0.2) is 0 Å². The van der Waals surface area contributed by atoms with Crippen molar-refractivity contribution in [3.63, 3.8) is 0 Å². The standard InChI is InChI=1S/C66H127NO5/c1-3-5-7-9-11-13-15-17-19-20-21-22-23-24-25-26-28-31-34-38-42-46-50-54-58-64(69)63(62-68)67-65(70)59-55-51-47-43-39-35-32-29-27-30-33-37-41-45-49-53-57-61-72-66(71)60-56-52-48-44-40-36-18-16-14-12-10-8-6-4-2/h27,30,37,41,63-64,68-69H,3-26,28-29,31-36,38-40,42-62H2,1-2H3,(H,67,70)/b30-27-,41-37-. The number of allylic oxidation sites excluding steroid dienone is 4. The van der Waals surface area contributed by atoms with Crippen LogP contribution >= 0.6 is 0 Å². The van der Waals surface area contributed by atoms with Crippen molar-refractivity contribution >= 4 is 11.9 Å². The second kappa shape index (κ2) is 61.9. The summed E-state index contributed by atoms with van der Waals surface area (Å²) >= 11 is 0. The topological polar surface area (TPSA) is 95.9 Å². The highest BCUT2D eigenvalue weighted by atomic mass is 16.5. The van der Waals surface area contributed by atoms with E-state index in [0.717, 1.165) is 83.5 Å². The summed E-state index contributed by atoms with van der Waals surface area (Å²) < 4.78 is 5.46. The molecule has 1 amide bonds. The molecule has 0 aromatic carbocycles. The van der Waals surface area contributed by atoms with Gasteiger partial charge in [-0.2, -0.15) is 0 Å². The molecular formula is C66H127NO5. The molecule has 0 aliphatic heterocycles. The minimum atomic E-state index is -0.676. The molecule has 0 aromatic rings. The molecule has 2 atom stereocenters. The van der Waals surface area contributed by atoms with Gasteiger partial charge in [-0.05, 0) is 64.2 Å². The van der Waals surface area contributed by atoms with E-state index in [4.69, 9.17) is 4.74 Å². The lowest BCUT2D eigenvalue weighted by atomic mass is 10.0. The predicted octanol–water partition coefficient (Wildman–Crippen LogP) is 20.6.